The third kappa shape index (κ3) is 3.18. The Labute approximate surface area is 120 Å². The summed E-state index contributed by atoms with van der Waals surface area (Å²) in [5.41, 5.74) is 0.0488. The number of carbonyl (C=O) groups excluding carboxylic acids is 2. The van der Waals surface area contributed by atoms with E-state index in [1.165, 1.54) is 19.1 Å². The molecule has 0 aliphatic carbocycles. The SMILES string of the molecule is CC(=O)Nc1ccc(F)c(C(=O)N2CCCC2C(=O)O)c1. The summed E-state index contributed by atoms with van der Waals surface area (Å²) >= 11 is 0. The molecule has 21 heavy (non-hydrogen) atoms. The van der Waals surface area contributed by atoms with Crippen LogP contribution in [-0.2, 0) is 9.59 Å². The van der Waals surface area contributed by atoms with Crippen molar-refractivity contribution in [2.45, 2.75) is 25.8 Å². The van der Waals surface area contributed by atoms with Gasteiger partial charge in [0.05, 0.1) is 5.56 Å². The van der Waals surface area contributed by atoms with Gasteiger partial charge in [0, 0.05) is 19.2 Å². The van der Waals surface area contributed by atoms with Crippen LogP contribution >= 0.6 is 0 Å². The number of carboxylic acids is 1. The summed E-state index contributed by atoms with van der Waals surface area (Å²) in [5.74, 6) is -2.86. The highest BCUT2D eigenvalue weighted by atomic mass is 19.1. The normalized spacial score (nSPS) is 17.6. The Morgan fingerprint density at radius 3 is 2.71 bits per heavy atom. The van der Waals surface area contributed by atoms with Gasteiger partial charge in [0.1, 0.15) is 11.9 Å². The van der Waals surface area contributed by atoms with Crippen molar-refractivity contribution < 1.29 is 23.9 Å². The molecule has 1 aliphatic heterocycles. The van der Waals surface area contributed by atoms with Gasteiger partial charge in [0.2, 0.25) is 5.91 Å². The fourth-order valence-corrected chi connectivity index (χ4v) is 2.39. The molecule has 1 aromatic rings. The van der Waals surface area contributed by atoms with E-state index >= 15 is 0 Å². The van der Waals surface area contributed by atoms with Crippen molar-refractivity contribution in [2.24, 2.45) is 0 Å². The van der Waals surface area contributed by atoms with Gasteiger partial charge in [-0.25, -0.2) is 9.18 Å². The van der Waals surface area contributed by atoms with Crippen LogP contribution in [0.4, 0.5) is 10.1 Å². The maximum atomic E-state index is 13.8. The maximum absolute atomic E-state index is 13.8. The molecule has 1 heterocycles. The average molecular weight is 294 g/mol. The van der Waals surface area contributed by atoms with E-state index in [4.69, 9.17) is 5.11 Å². The summed E-state index contributed by atoms with van der Waals surface area (Å²) in [4.78, 5) is 35.6. The van der Waals surface area contributed by atoms with Crippen LogP contribution in [0.15, 0.2) is 18.2 Å². The Kier molecular flexibility index (Phi) is 4.21. The molecule has 0 spiro atoms. The molecule has 7 heteroatoms. The van der Waals surface area contributed by atoms with Crippen molar-refractivity contribution in [2.75, 3.05) is 11.9 Å². The largest absolute Gasteiger partial charge is 0.480 e. The van der Waals surface area contributed by atoms with Crippen molar-refractivity contribution in [3.8, 4) is 0 Å². The number of carboxylic acid groups (broad SMARTS) is 1. The van der Waals surface area contributed by atoms with Crippen molar-refractivity contribution in [1.82, 2.24) is 4.90 Å². The molecule has 0 bridgehead atoms. The number of nitrogens with zero attached hydrogens (tertiary/aromatic N) is 1. The van der Waals surface area contributed by atoms with E-state index < -0.39 is 23.7 Å². The maximum Gasteiger partial charge on any atom is 0.326 e. The lowest BCUT2D eigenvalue weighted by molar-refractivity contribution is -0.141. The molecule has 0 saturated carbocycles. The highest BCUT2D eigenvalue weighted by Crippen LogP contribution is 2.23. The molecule has 1 unspecified atom stereocenters. The van der Waals surface area contributed by atoms with Crippen LogP contribution in [-0.4, -0.2) is 40.4 Å². The quantitative estimate of drug-likeness (QED) is 0.884. The lowest BCUT2D eigenvalue weighted by Crippen LogP contribution is -2.40. The molecule has 112 valence electrons. The van der Waals surface area contributed by atoms with Crippen molar-refractivity contribution in [3.63, 3.8) is 0 Å². The summed E-state index contributed by atoms with van der Waals surface area (Å²) in [5, 5.41) is 11.5. The second kappa shape index (κ2) is 5.90. The van der Waals surface area contributed by atoms with Gasteiger partial charge in [0.25, 0.3) is 5.91 Å². The fourth-order valence-electron chi connectivity index (χ4n) is 2.39. The summed E-state index contributed by atoms with van der Waals surface area (Å²) in [6, 6.07) is 2.70. The molecule has 1 saturated heterocycles. The fraction of sp³-hybridized carbons (Fsp3) is 0.357. The lowest BCUT2D eigenvalue weighted by Gasteiger charge is -2.22. The number of hydrogen-bond acceptors (Lipinski definition) is 3. The number of likely N-dealkylation sites (tertiary alicyclic amines) is 1. The van der Waals surface area contributed by atoms with E-state index in [0.717, 1.165) is 11.0 Å². The Hall–Kier alpha value is -2.44. The minimum absolute atomic E-state index is 0.241. The van der Waals surface area contributed by atoms with Crippen LogP contribution in [0.1, 0.15) is 30.1 Å². The Morgan fingerprint density at radius 1 is 1.38 bits per heavy atom. The molecule has 0 radical (unpaired) electrons. The number of nitrogens with one attached hydrogen (secondary N) is 1. The number of anilines is 1. The first kappa shape index (κ1) is 15.0. The number of aliphatic carboxylic acids is 1. The molecule has 1 aromatic carbocycles. The second-order valence-electron chi connectivity index (χ2n) is 4.87. The van der Waals surface area contributed by atoms with Gasteiger partial charge in [-0.1, -0.05) is 0 Å². The van der Waals surface area contributed by atoms with Gasteiger partial charge in [-0.2, -0.15) is 0 Å². The average Bonchev–Trinajstić information content (AvgIpc) is 2.89. The molecular formula is C14H15FN2O4. The van der Waals surface area contributed by atoms with Gasteiger partial charge < -0.3 is 15.3 Å². The first-order valence-corrected chi connectivity index (χ1v) is 6.51. The Morgan fingerprint density at radius 2 is 2.10 bits per heavy atom. The van der Waals surface area contributed by atoms with Crippen LogP contribution < -0.4 is 5.32 Å². The monoisotopic (exact) mass is 294 g/mol. The summed E-state index contributed by atoms with van der Waals surface area (Å²) in [6.07, 6.45) is 0.920. The predicted octanol–water partition coefficient (Wildman–Crippen LogP) is 1.47. The highest BCUT2D eigenvalue weighted by Gasteiger charge is 2.35. The summed E-state index contributed by atoms with van der Waals surface area (Å²) < 4.78 is 13.8. The minimum Gasteiger partial charge on any atom is -0.480 e. The molecule has 1 aliphatic rings. The van der Waals surface area contributed by atoms with E-state index in [1.54, 1.807) is 0 Å². The summed E-state index contributed by atoms with van der Waals surface area (Å²) in [6.45, 7) is 1.57. The Balaban J connectivity index is 2.29. The number of carbonyl (C=O) groups is 3. The van der Waals surface area contributed by atoms with E-state index in [1.807, 2.05) is 0 Å². The van der Waals surface area contributed by atoms with Gasteiger partial charge in [0.15, 0.2) is 0 Å². The standard InChI is InChI=1S/C14H15FN2O4/c1-8(18)16-9-4-5-11(15)10(7-9)13(19)17-6-2-3-12(17)14(20)21/h4-5,7,12H,2-3,6H2,1H3,(H,16,18)(H,20,21). The van der Waals surface area contributed by atoms with Crippen LogP contribution in [0, 0.1) is 5.82 Å². The molecule has 1 atom stereocenters. The molecule has 2 amide bonds. The molecule has 6 nitrogen and oxygen atoms in total. The van der Waals surface area contributed by atoms with Crippen LogP contribution in [0.5, 0.6) is 0 Å². The zero-order valence-electron chi connectivity index (χ0n) is 11.4. The van der Waals surface area contributed by atoms with Crippen molar-refractivity contribution in [1.29, 1.82) is 0 Å². The number of rotatable bonds is 3. The van der Waals surface area contributed by atoms with Crippen molar-refractivity contribution >= 4 is 23.5 Å². The minimum atomic E-state index is -1.10. The van der Waals surface area contributed by atoms with Crippen LogP contribution in [0.25, 0.3) is 0 Å². The van der Waals surface area contributed by atoms with Gasteiger partial charge in [-0.15, -0.1) is 0 Å². The van der Waals surface area contributed by atoms with Gasteiger partial charge in [-0.05, 0) is 31.0 Å². The first-order chi connectivity index (χ1) is 9.90. The smallest absolute Gasteiger partial charge is 0.326 e. The first-order valence-electron chi connectivity index (χ1n) is 6.51. The molecular weight excluding hydrogens is 279 g/mol. The lowest BCUT2D eigenvalue weighted by atomic mass is 10.1. The van der Waals surface area contributed by atoms with Crippen LogP contribution in [0.2, 0.25) is 0 Å². The zero-order valence-corrected chi connectivity index (χ0v) is 11.4. The highest BCUT2D eigenvalue weighted by molar-refractivity contribution is 5.99. The van der Waals surface area contributed by atoms with E-state index in [0.29, 0.717) is 18.5 Å². The number of halogens is 1. The Bertz CT molecular complexity index is 603. The molecule has 0 aromatic heterocycles. The van der Waals surface area contributed by atoms with Gasteiger partial charge >= 0.3 is 5.97 Å². The van der Waals surface area contributed by atoms with E-state index in [2.05, 4.69) is 5.32 Å². The number of hydrogen-bond donors (Lipinski definition) is 2. The van der Waals surface area contributed by atoms with E-state index in [-0.39, 0.29) is 18.0 Å². The second-order valence-corrected chi connectivity index (χ2v) is 4.87. The molecule has 2 N–H and O–H groups in total. The van der Waals surface area contributed by atoms with E-state index in [9.17, 15) is 18.8 Å². The molecule has 1 fully saturated rings. The summed E-state index contributed by atoms with van der Waals surface area (Å²) in [7, 11) is 0. The van der Waals surface area contributed by atoms with Crippen molar-refractivity contribution in [3.05, 3.63) is 29.6 Å². The third-order valence-electron chi connectivity index (χ3n) is 3.32. The zero-order chi connectivity index (χ0) is 15.6. The molecule has 2 rings (SSSR count). The third-order valence-corrected chi connectivity index (χ3v) is 3.32. The number of amides is 2. The predicted molar refractivity (Wildman–Crippen MR) is 72.4 cm³/mol. The van der Waals surface area contributed by atoms with Gasteiger partial charge in [-0.3, -0.25) is 9.59 Å². The van der Waals surface area contributed by atoms with Crippen LogP contribution in [0.3, 0.4) is 0 Å². The topological polar surface area (TPSA) is 86.7 Å². The number of benzene rings is 1.